The number of benzene rings is 1. The van der Waals surface area contributed by atoms with Gasteiger partial charge in [-0.15, -0.1) is 0 Å². The first-order valence-corrected chi connectivity index (χ1v) is 13.5. The van der Waals surface area contributed by atoms with Crippen molar-refractivity contribution in [2.24, 2.45) is 4.40 Å². The summed E-state index contributed by atoms with van der Waals surface area (Å²) in [5.74, 6) is -0.392. The molecular weight excluding hydrogens is 369 g/mol. The molecule has 1 aromatic carbocycles. The van der Waals surface area contributed by atoms with E-state index in [4.69, 9.17) is 4.74 Å². The van der Waals surface area contributed by atoms with Crippen LogP contribution >= 0.6 is 0 Å². The third kappa shape index (κ3) is 5.90. The number of ether oxygens (including phenoxy) is 1. The van der Waals surface area contributed by atoms with Gasteiger partial charge in [-0.1, -0.05) is 24.0 Å². The Labute approximate surface area is 159 Å². The standard InChI is InChI=1S/C18H28FN3O2SSi/c1-18(2,3)25(23)21-11-14-9-15(19)17-16(10-14)20-12-22(17)13-24-7-8-26(4,5)6/h9-12H,7-8,13H2,1-6H3. The van der Waals surface area contributed by atoms with E-state index in [2.05, 4.69) is 29.0 Å². The van der Waals surface area contributed by atoms with Gasteiger partial charge in [0.2, 0.25) is 0 Å². The van der Waals surface area contributed by atoms with E-state index in [-0.39, 0.29) is 6.73 Å². The molecule has 144 valence electrons. The van der Waals surface area contributed by atoms with Crippen molar-refractivity contribution in [1.82, 2.24) is 9.55 Å². The molecule has 0 bridgehead atoms. The average molecular weight is 398 g/mol. The summed E-state index contributed by atoms with van der Waals surface area (Å²) in [4.78, 5) is 4.26. The molecule has 0 fully saturated rings. The minimum absolute atomic E-state index is 0.277. The predicted octanol–water partition coefficient (Wildman–Crippen LogP) is 4.37. The molecule has 0 aliphatic rings. The van der Waals surface area contributed by atoms with E-state index in [1.54, 1.807) is 17.0 Å². The summed E-state index contributed by atoms with van der Waals surface area (Å²) in [6.07, 6.45) is 3.02. The number of nitrogens with zero attached hydrogens (tertiary/aromatic N) is 3. The number of fused-ring (bicyclic) bond motifs is 1. The molecule has 0 saturated carbocycles. The summed E-state index contributed by atoms with van der Waals surface area (Å²) in [5, 5.41) is 0. The summed E-state index contributed by atoms with van der Waals surface area (Å²) < 4.78 is 37.5. The monoisotopic (exact) mass is 397 g/mol. The topological polar surface area (TPSA) is 62.5 Å². The SMILES string of the molecule is CC(C)(C)[S+]([O-])N=Cc1cc(F)c2c(c1)ncn2COCC[Si](C)(C)C. The molecule has 0 aliphatic carbocycles. The highest BCUT2D eigenvalue weighted by Gasteiger charge is 2.25. The van der Waals surface area contributed by atoms with Crippen LogP contribution in [-0.4, -0.2) is 39.7 Å². The maximum absolute atomic E-state index is 14.6. The molecule has 5 nitrogen and oxygen atoms in total. The lowest BCUT2D eigenvalue weighted by Crippen LogP contribution is -2.25. The van der Waals surface area contributed by atoms with Gasteiger partial charge in [0.15, 0.2) is 0 Å². The van der Waals surface area contributed by atoms with Gasteiger partial charge in [-0.3, -0.25) is 0 Å². The maximum Gasteiger partial charge on any atom is 0.149 e. The van der Waals surface area contributed by atoms with Crippen molar-refractivity contribution >= 4 is 36.7 Å². The van der Waals surface area contributed by atoms with Crippen LogP contribution in [0.25, 0.3) is 11.0 Å². The van der Waals surface area contributed by atoms with Crippen LogP contribution < -0.4 is 0 Å². The van der Waals surface area contributed by atoms with Gasteiger partial charge < -0.3 is 13.9 Å². The van der Waals surface area contributed by atoms with E-state index in [0.29, 0.717) is 23.2 Å². The summed E-state index contributed by atoms with van der Waals surface area (Å²) in [5.41, 5.74) is 1.48. The van der Waals surface area contributed by atoms with Gasteiger partial charge in [-0.05, 0) is 38.9 Å². The van der Waals surface area contributed by atoms with E-state index < -0.39 is 30.0 Å². The van der Waals surface area contributed by atoms with E-state index >= 15 is 0 Å². The lowest BCUT2D eigenvalue weighted by atomic mass is 10.2. The molecule has 1 atom stereocenters. The largest absolute Gasteiger partial charge is 0.591 e. The zero-order valence-corrected chi connectivity index (χ0v) is 18.2. The molecule has 1 aromatic heterocycles. The van der Waals surface area contributed by atoms with E-state index in [1.807, 2.05) is 20.8 Å². The van der Waals surface area contributed by atoms with Crippen molar-refractivity contribution in [2.75, 3.05) is 6.61 Å². The highest BCUT2D eigenvalue weighted by molar-refractivity contribution is 7.91. The Hall–Kier alpha value is -1.22. The zero-order chi connectivity index (χ0) is 19.5. The summed E-state index contributed by atoms with van der Waals surface area (Å²) in [6, 6.07) is 4.18. The van der Waals surface area contributed by atoms with Crippen LogP contribution in [-0.2, 0) is 22.8 Å². The molecule has 0 N–H and O–H groups in total. The van der Waals surface area contributed by atoms with Crippen LogP contribution in [0.3, 0.4) is 0 Å². The Morgan fingerprint density at radius 3 is 2.65 bits per heavy atom. The third-order valence-corrected chi connectivity index (χ3v) is 6.79. The van der Waals surface area contributed by atoms with E-state index in [9.17, 15) is 8.94 Å². The van der Waals surface area contributed by atoms with Crippen molar-refractivity contribution < 1.29 is 13.7 Å². The molecule has 0 saturated heterocycles. The molecule has 0 radical (unpaired) electrons. The van der Waals surface area contributed by atoms with Crippen molar-refractivity contribution in [3.8, 4) is 0 Å². The highest BCUT2D eigenvalue weighted by atomic mass is 32.2. The van der Waals surface area contributed by atoms with Gasteiger partial charge in [-0.25, -0.2) is 9.37 Å². The average Bonchev–Trinajstić information content (AvgIpc) is 2.91. The fourth-order valence-electron chi connectivity index (χ4n) is 2.16. The number of imidazole rings is 1. The van der Waals surface area contributed by atoms with Gasteiger partial charge in [0, 0.05) is 20.2 Å². The van der Waals surface area contributed by atoms with Crippen molar-refractivity contribution in [1.29, 1.82) is 0 Å². The van der Waals surface area contributed by atoms with E-state index in [0.717, 1.165) is 6.04 Å². The summed E-state index contributed by atoms with van der Waals surface area (Å²) in [7, 11) is -1.15. The second kappa shape index (κ2) is 8.20. The third-order valence-electron chi connectivity index (χ3n) is 3.74. The van der Waals surface area contributed by atoms with Crippen LogP contribution in [0.5, 0.6) is 0 Å². The molecule has 2 rings (SSSR count). The number of halogens is 1. The molecular formula is C18H28FN3O2SSi. The van der Waals surface area contributed by atoms with Gasteiger partial charge in [0.05, 0.1) is 18.1 Å². The fraction of sp³-hybridized carbons (Fsp3) is 0.556. The summed E-state index contributed by atoms with van der Waals surface area (Å²) >= 11 is -1.38. The summed E-state index contributed by atoms with van der Waals surface area (Å²) in [6.45, 7) is 13.3. The van der Waals surface area contributed by atoms with Crippen molar-refractivity contribution in [3.63, 3.8) is 0 Å². The maximum atomic E-state index is 14.6. The zero-order valence-electron chi connectivity index (χ0n) is 16.4. The normalized spacial score (nSPS) is 14.5. The smallest absolute Gasteiger partial charge is 0.149 e. The lowest BCUT2D eigenvalue weighted by molar-refractivity contribution is 0.0895. The second-order valence-corrected chi connectivity index (χ2v) is 16.1. The van der Waals surface area contributed by atoms with Crippen molar-refractivity contribution in [3.05, 3.63) is 29.8 Å². The molecule has 0 aliphatic heterocycles. The van der Waals surface area contributed by atoms with Gasteiger partial charge >= 0.3 is 0 Å². The molecule has 26 heavy (non-hydrogen) atoms. The molecule has 0 amide bonds. The Bertz CT molecular complexity index is 781. The Morgan fingerprint density at radius 1 is 1.35 bits per heavy atom. The minimum atomic E-state index is -1.38. The fourth-order valence-corrected chi connectivity index (χ4v) is 3.45. The molecule has 2 aromatic rings. The Balaban J connectivity index is 2.12. The first kappa shape index (κ1) is 21.1. The minimum Gasteiger partial charge on any atom is -0.591 e. The number of hydrogen-bond donors (Lipinski definition) is 0. The van der Waals surface area contributed by atoms with E-state index in [1.165, 1.54) is 12.3 Å². The van der Waals surface area contributed by atoms with Crippen molar-refractivity contribution in [2.45, 2.75) is 57.9 Å². The van der Waals surface area contributed by atoms with Crippen LogP contribution in [0.15, 0.2) is 22.9 Å². The van der Waals surface area contributed by atoms with Crippen LogP contribution in [0.1, 0.15) is 26.3 Å². The first-order valence-electron chi connectivity index (χ1n) is 8.65. The lowest BCUT2D eigenvalue weighted by Gasteiger charge is -2.17. The first-order chi connectivity index (χ1) is 12.0. The highest BCUT2D eigenvalue weighted by Crippen LogP contribution is 2.21. The number of hydrogen-bond acceptors (Lipinski definition) is 4. The second-order valence-electron chi connectivity index (χ2n) is 8.53. The van der Waals surface area contributed by atoms with Gasteiger partial charge in [0.1, 0.15) is 34.2 Å². The van der Waals surface area contributed by atoms with Crippen LogP contribution in [0.2, 0.25) is 25.7 Å². The molecule has 8 heteroatoms. The molecule has 1 unspecified atom stereocenters. The van der Waals surface area contributed by atoms with Crippen LogP contribution in [0, 0.1) is 5.82 Å². The molecule has 0 spiro atoms. The van der Waals surface area contributed by atoms with Gasteiger partial charge in [-0.2, -0.15) is 0 Å². The predicted molar refractivity (Wildman–Crippen MR) is 109 cm³/mol. The Kier molecular flexibility index (Phi) is 6.65. The number of aromatic nitrogens is 2. The quantitative estimate of drug-likeness (QED) is 0.302. The molecule has 1 heterocycles. The Morgan fingerprint density at radius 2 is 2.04 bits per heavy atom. The van der Waals surface area contributed by atoms with Gasteiger partial charge in [0.25, 0.3) is 0 Å². The number of rotatable bonds is 7. The van der Waals surface area contributed by atoms with Crippen LogP contribution in [0.4, 0.5) is 4.39 Å².